The van der Waals surface area contributed by atoms with Crippen molar-refractivity contribution in [1.29, 1.82) is 0 Å². The fourth-order valence-electron chi connectivity index (χ4n) is 2.66. The highest BCUT2D eigenvalue weighted by atomic mass is 16.5. The topological polar surface area (TPSA) is 79.9 Å². The number of nitrogens with one attached hydrogen (secondary N) is 2. The average molecular weight is 412 g/mol. The Balaban J connectivity index is 2.30. The van der Waals surface area contributed by atoms with Crippen LogP contribution in [0.3, 0.4) is 0 Å². The molecule has 0 saturated heterocycles. The van der Waals surface area contributed by atoms with Crippen molar-refractivity contribution in [1.82, 2.24) is 15.5 Å². The Morgan fingerprint density at radius 2 is 1.67 bits per heavy atom. The van der Waals surface area contributed by atoms with Crippen LogP contribution in [0.4, 0.5) is 0 Å². The van der Waals surface area contributed by atoms with Gasteiger partial charge in [0.25, 0.3) is 11.8 Å². The Morgan fingerprint density at radius 3 is 2.27 bits per heavy atom. The minimum atomic E-state index is -0.368. The lowest BCUT2D eigenvalue weighted by Crippen LogP contribution is -2.37. The van der Waals surface area contributed by atoms with Crippen molar-refractivity contribution in [2.24, 2.45) is 0 Å². The number of methoxy groups -OCH3 is 2. The third-order valence-electron chi connectivity index (χ3n) is 4.37. The summed E-state index contributed by atoms with van der Waals surface area (Å²) < 4.78 is 10.6. The second-order valence-electron chi connectivity index (χ2n) is 7.05. The Hall–Kier alpha value is -3.32. The molecular weight excluding hydrogens is 382 g/mol. The second kappa shape index (κ2) is 11.0. The van der Waals surface area contributed by atoms with Crippen LogP contribution in [0.25, 0.3) is 6.08 Å². The molecule has 0 spiro atoms. The van der Waals surface area contributed by atoms with Crippen molar-refractivity contribution < 1.29 is 19.1 Å². The third kappa shape index (κ3) is 6.63. The molecular formula is C23H29N3O4. The van der Waals surface area contributed by atoms with Crippen molar-refractivity contribution in [2.75, 3.05) is 41.4 Å². The first kappa shape index (κ1) is 23.0. The van der Waals surface area contributed by atoms with Crippen LogP contribution in [0.1, 0.15) is 21.5 Å². The summed E-state index contributed by atoms with van der Waals surface area (Å²) in [6.45, 7) is 3.08. The Morgan fingerprint density at radius 1 is 1.00 bits per heavy atom. The summed E-state index contributed by atoms with van der Waals surface area (Å²) in [5.74, 6) is 0.385. The van der Waals surface area contributed by atoms with Gasteiger partial charge in [-0.3, -0.25) is 9.59 Å². The summed E-state index contributed by atoms with van der Waals surface area (Å²) in [7, 11) is 6.94. The Labute approximate surface area is 177 Å². The molecule has 2 amide bonds. The molecule has 30 heavy (non-hydrogen) atoms. The molecule has 0 bridgehead atoms. The molecule has 0 fully saturated rings. The highest BCUT2D eigenvalue weighted by molar-refractivity contribution is 6.05. The molecule has 0 aliphatic heterocycles. The van der Waals surface area contributed by atoms with Gasteiger partial charge in [0.2, 0.25) is 0 Å². The van der Waals surface area contributed by atoms with Crippen LogP contribution in [-0.2, 0) is 4.79 Å². The number of ether oxygens (including phenoxy) is 2. The molecule has 0 aliphatic rings. The van der Waals surface area contributed by atoms with Gasteiger partial charge < -0.3 is 25.0 Å². The molecule has 160 valence electrons. The zero-order chi connectivity index (χ0) is 22.1. The lowest BCUT2D eigenvalue weighted by atomic mass is 10.1. The molecule has 0 aliphatic carbocycles. The van der Waals surface area contributed by atoms with Crippen molar-refractivity contribution in [2.45, 2.75) is 6.92 Å². The molecule has 7 heteroatoms. The standard InChI is InChI=1S/C23H29N3O4/c1-16-6-9-18(10-7-16)22(27)25-19(23(28)24-12-13-26(2)3)14-17-8-11-20(29-4)21(15-17)30-5/h6-11,14-15H,12-13H2,1-5H3,(H,24,28)(H,25,27)/b19-14+. The van der Waals surface area contributed by atoms with Crippen LogP contribution in [0.15, 0.2) is 48.2 Å². The van der Waals surface area contributed by atoms with Crippen LogP contribution in [0.5, 0.6) is 11.5 Å². The van der Waals surface area contributed by atoms with Crippen molar-refractivity contribution in [3.8, 4) is 11.5 Å². The van der Waals surface area contributed by atoms with Gasteiger partial charge in [-0.1, -0.05) is 23.8 Å². The van der Waals surface area contributed by atoms with Crippen LogP contribution < -0.4 is 20.1 Å². The van der Waals surface area contributed by atoms with E-state index in [1.165, 1.54) is 0 Å². The number of carbonyl (C=O) groups excluding carboxylic acids is 2. The maximum absolute atomic E-state index is 12.8. The van der Waals surface area contributed by atoms with E-state index < -0.39 is 0 Å². The van der Waals surface area contributed by atoms with Gasteiger partial charge in [-0.25, -0.2) is 0 Å². The van der Waals surface area contributed by atoms with E-state index >= 15 is 0 Å². The summed E-state index contributed by atoms with van der Waals surface area (Å²) in [5, 5.41) is 5.56. The van der Waals surface area contributed by atoms with Crippen molar-refractivity contribution in [3.05, 3.63) is 64.9 Å². The van der Waals surface area contributed by atoms with Crippen LogP contribution in [0, 0.1) is 6.92 Å². The van der Waals surface area contributed by atoms with Gasteiger partial charge in [-0.2, -0.15) is 0 Å². The number of rotatable bonds is 9. The van der Waals surface area contributed by atoms with E-state index in [0.29, 0.717) is 35.7 Å². The van der Waals surface area contributed by atoms with E-state index in [4.69, 9.17) is 9.47 Å². The summed E-state index contributed by atoms with van der Waals surface area (Å²) in [5.41, 5.74) is 2.36. The minimum absolute atomic E-state index is 0.145. The summed E-state index contributed by atoms with van der Waals surface area (Å²) in [6.07, 6.45) is 1.61. The van der Waals surface area contributed by atoms with E-state index in [-0.39, 0.29) is 17.5 Å². The maximum Gasteiger partial charge on any atom is 0.267 e. The molecule has 0 heterocycles. The van der Waals surface area contributed by atoms with Crippen molar-refractivity contribution >= 4 is 17.9 Å². The van der Waals surface area contributed by atoms with Crippen LogP contribution in [0.2, 0.25) is 0 Å². The molecule has 0 radical (unpaired) electrons. The predicted molar refractivity (Wildman–Crippen MR) is 118 cm³/mol. The largest absolute Gasteiger partial charge is 0.493 e. The summed E-state index contributed by atoms with van der Waals surface area (Å²) in [6, 6.07) is 12.4. The number of aryl methyl sites for hydroxylation is 1. The summed E-state index contributed by atoms with van der Waals surface area (Å²) >= 11 is 0. The molecule has 0 unspecified atom stereocenters. The number of likely N-dealkylation sites (N-methyl/N-ethyl adjacent to an activating group) is 1. The highest BCUT2D eigenvalue weighted by Gasteiger charge is 2.15. The molecule has 0 aromatic heterocycles. The van der Waals surface area contributed by atoms with E-state index in [9.17, 15) is 9.59 Å². The van der Waals surface area contributed by atoms with Crippen LogP contribution in [-0.4, -0.2) is 58.1 Å². The smallest absolute Gasteiger partial charge is 0.267 e. The molecule has 0 atom stereocenters. The Kier molecular flexibility index (Phi) is 8.43. The summed E-state index contributed by atoms with van der Waals surface area (Å²) in [4.78, 5) is 27.4. The number of amides is 2. The first-order chi connectivity index (χ1) is 14.3. The van der Waals surface area contributed by atoms with Gasteiger partial charge in [0, 0.05) is 18.7 Å². The minimum Gasteiger partial charge on any atom is -0.493 e. The van der Waals surface area contributed by atoms with Gasteiger partial charge >= 0.3 is 0 Å². The quantitative estimate of drug-likeness (QED) is 0.620. The first-order valence-corrected chi connectivity index (χ1v) is 9.58. The number of carbonyl (C=O) groups is 2. The third-order valence-corrected chi connectivity index (χ3v) is 4.37. The van der Waals surface area contributed by atoms with Gasteiger partial charge in [0.15, 0.2) is 11.5 Å². The van der Waals surface area contributed by atoms with Crippen molar-refractivity contribution in [3.63, 3.8) is 0 Å². The molecule has 0 saturated carbocycles. The molecule has 2 N–H and O–H groups in total. The lowest BCUT2D eigenvalue weighted by molar-refractivity contribution is -0.117. The van der Waals surface area contributed by atoms with E-state index in [2.05, 4.69) is 10.6 Å². The maximum atomic E-state index is 12.8. The molecule has 7 nitrogen and oxygen atoms in total. The normalized spacial score (nSPS) is 11.2. The van der Waals surface area contributed by atoms with E-state index in [1.807, 2.05) is 38.1 Å². The zero-order valence-electron chi connectivity index (χ0n) is 18.1. The average Bonchev–Trinajstić information content (AvgIpc) is 2.73. The van der Waals surface area contributed by atoms with Gasteiger partial charge in [-0.05, 0) is 56.9 Å². The van der Waals surface area contributed by atoms with Crippen LogP contribution >= 0.6 is 0 Å². The highest BCUT2D eigenvalue weighted by Crippen LogP contribution is 2.28. The number of benzene rings is 2. The molecule has 2 rings (SSSR count). The van der Waals surface area contributed by atoms with Gasteiger partial charge in [0.05, 0.1) is 14.2 Å². The Bertz CT molecular complexity index is 905. The first-order valence-electron chi connectivity index (χ1n) is 9.58. The monoisotopic (exact) mass is 411 g/mol. The SMILES string of the molecule is COc1ccc(/C=C(/NC(=O)c2ccc(C)cc2)C(=O)NCCN(C)C)cc1OC. The second-order valence-corrected chi connectivity index (χ2v) is 7.05. The fourth-order valence-corrected chi connectivity index (χ4v) is 2.66. The van der Waals surface area contributed by atoms with E-state index in [1.54, 1.807) is 50.6 Å². The van der Waals surface area contributed by atoms with Gasteiger partial charge in [-0.15, -0.1) is 0 Å². The van der Waals surface area contributed by atoms with E-state index in [0.717, 1.165) is 5.56 Å². The fraction of sp³-hybridized carbons (Fsp3) is 0.304. The van der Waals surface area contributed by atoms with Gasteiger partial charge in [0.1, 0.15) is 5.70 Å². The zero-order valence-corrected chi connectivity index (χ0v) is 18.1. The molecule has 2 aromatic rings. The lowest BCUT2D eigenvalue weighted by Gasteiger charge is -2.14. The number of hydrogen-bond donors (Lipinski definition) is 2. The number of nitrogens with zero attached hydrogens (tertiary/aromatic N) is 1. The predicted octanol–water partition coefficient (Wildman–Crippen LogP) is 2.46. The molecule has 2 aromatic carbocycles. The number of hydrogen-bond acceptors (Lipinski definition) is 5.